The maximum Gasteiger partial charge on any atom is 0.193 e. The molecule has 1 saturated heterocycles. The molecule has 2 aromatic rings. The molecule has 1 aliphatic rings. The van der Waals surface area contributed by atoms with Gasteiger partial charge in [0, 0.05) is 52.4 Å². The second-order valence-corrected chi connectivity index (χ2v) is 6.56. The molecular formula is C20H30IN5O2. The molecule has 8 heteroatoms. The second-order valence-electron chi connectivity index (χ2n) is 6.56. The number of halogens is 1. The summed E-state index contributed by atoms with van der Waals surface area (Å²) in [5.74, 6) is 1.90. The molecule has 1 fully saturated rings. The van der Waals surface area contributed by atoms with Gasteiger partial charge in [-0.3, -0.25) is 9.89 Å². The molecule has 1 aromatic heterocycles. The summed E-state index contributed by atoms with van der Waals surface area (Å²) < 4.78 is 10.5. The smallest absolute Gasteiger partial charge is 0.193 e. The molecule has 154 valence electrons. The first kappa shape index (κ1) is 22.5. The Kier molecular flexibility index (Phi) is 9.56. The molecule has 2 heterocycles. The van der Waals surface area contributed by atoms with Gasteiger partial charge in [-0.25, -0.2) is 0 Å². The molecule has 0 spiro atoms. The SMILES string of the molecule is CCOc1cccc(CCNC(=NC)N2CCN(Cc3ccon3)CC2)c1.I. The number of rotatable bonds is 7. The zero-order valence-electron chi connectivity index (χ0n) is 16.6. The number of nitrogens with one attached hydrogen (secondary N) is 1. The Labute approximate surface area is 184 Å². The fourth-order valence-electron chi connectivity index (χ4n) is 3.27. The standard InChI is InChI=1S/C20H29N5O2.HI/c1-3-26-19-6-4-5-17(15-19)7-9-22-20(21-2)25-12-10-24(11-13-25)16-18-8-14-27-23-18;/h4-6,8,14-15H,3,7,9-13,16H2,1-2H3,(H,21,22);1H. The molecule has 0 bridgehead atoms. The van der Waals surface area contributed by atoms with Gasteiger partial charge >= 0.3 is 0 Å². The van der Waals surface area contributed by atoms with Gasteiger partial charge < -0.3 is 19.5 Å². The molecular weight excluding hydrogens is 469 g/mol. The highest BCUT2D eigenvalue weighted by atomic mass is 127. The summed E-state index contributed by atoms with van der Waals surface area (Å²) >= 11 is 0. The summed E-state index contributed by atoms with van der Waals surface area (Å²) in [6.07, 6.45) is 2.56. The van der Waals surface area contributed by atoms with Crippen LogP contribution in [0.5, 0.6) is 5.75 Å². The molecule has 3 rings (SSSR count). The molecule has 0 aliphatic carbocycles. The third-order valence-electron chi connectivity index (χ3n) is 4.67. The van der Waals surface area contributed by atoms with Gasteiger partial charge in [-0.2, -0.15) is 0 Å². The van der Waals surface area contributed by atoms with Crippen LogP contribution in [0.1, 0.15) is 18.2 Å². The summed E-state index contributed by atoms with van der Waals surface area (Å²) in [5.41, 5.74) is 2.25. The van der Waals surface area contributed by atoms with Crippen molar-refractivity contribution in [2.75, 3.05) is 46.4 Å². The Balaban J connectivity index is 0.00000280. The zero-order chi connectivity index (χ0) is 18.9. The average molecular weight is 499 g/mol. The van der Waals surface area contributed by atoms with Crippen molar-refractivity contribution in [1.29, 1.82) is 0 Å². The van der Waals surface area contributed by atoms with E-state index in [2.05, 4.69) is 37.4 Å². The fraction of sp³-hybridized carbons (Fsp3) is 0.500. The number of hydrogen-bond donors (Lipinski definition) is 1. The maximum absolute atomic E-state index is 5.57. The van der Waals surface area contributed by atoms with Crippen LogP contribution in [0.2, 0.25) is 0 Å². The van der Waals surface area contributed by atoms with E-state index in [0.717, 1.165) is 63.1 Å². The van der Waals surface area contributed by atoms with Gasteiger partial charge in [0.2, 0.25) is 0 Å². The van der Waals surface area contributed by atoms with Crippen LogP contribution in [-0.2, 0) is 13.0 Å². The largest absolute Gasteiger partial charge is 0.494 e. The first-order valence-electron chi connectivity index (χ1n) is 9.57. The molecule has 0 radical (unpaired) electrons. The van der Waals surface area contributed by atoms with E-state index in [1.165, 1.54) is 5.56 Å². The van der Waals surface area contributed by atoms with Crippen molar-refractivity contribution in [3.63, 3.8) is 0 Å². The Hall–Kier alpha value is -1.81. The average Bonchev–Trinajstić information content (AvgIpc) is 3.20. The third-order valence-corrected chi connectivity index (χ3v) is 4.67. The number of nitrogens with zero attached hydrogens (tertiary/aromatic N) is 4. The van der Waals surface area contributed by atoms with Gasteiger partial charge in [0.1, 0.15) is 12.0 Å². The first-order chi connectivity index (χ1) is 13.3. The summed E-state index contributed by atoms with van der Waals surface area (Å²) in [4.78, 5) is 9.16. The van der Waals surface area contributed by atoms with Crippen molar-refractivity contribution in [3.8, 4) is 5.75 Å². The van der Waals surface area contributed by atoms with E-state index in [0.29, 0.717) is 6.61 Å². The number of piperazine rings is 1. The van der Waals surface area contributed by atoms with Crippen LogP contribution < -0.4 is 10.1 Å². The minimum Gasteiger partial charge on any atom is -0.494 e. The van der Waals surface area contributed by atoms with Crippen LogP contribution in [0, 0.1) is 0 Å². The van der Waals surface area contributed by atoms with Crippen LogP contribution in [0.4, 0.5) is 0 Å². The van der Waals surface area contributed by atoms with E-state index in [1.54, 1.807) is 6.26 Å². The number of aromatic nitrogens is 1. The van der Waals surface area contributed by atoms with E-state index in [9.17, 15) is 0 Å². The number of aliphatic imine (C=N–C) groups is 1. The van der Waals surface area contributed by atoms with Crippen LogP contribution in [0.15, 0.2) is 46.1 Å². The Morgan fingerprint density at radius 2 is 2.07 bits per heavy atom. The summed E-state index contributed by atoms with van der Waals surface area (Å²) in [6.45, 7) is 8.28. The van der Waals surface area contributed by atoms with E-state index < -0.39 is 0 Å². The molecule has 0 amide bonds. The Morgan fingerprint density at radius 3 is 2.75 bits per heavy atom. The molecule has 28 heavy (non-hydrogen) atoms. The van der Waals surface area contributed by atoms with Crippen molar-refractivity contribution in [1.82, 2.24) is 20.3 Å². The van der Waals surface area contributed by atoms with Crippen LogP contribution >= 0.6 is 24.0 Å². The molecule has 1 N–H and O–H groups in total. The summed E-state index contributed by atoms with van der Waals surface area (Å²) in [7, 11) is 1.85. The van der Waals surface area contributed by atoms with E-state index in [-0.39, 0.29) is 24.0 Å². The molecule has 1 aliphatic heterocycles. The highest BCUT2D eigenvalue weighted by molar-refractivity contribution is 14.0. The number of ether oxygens (including phenoxy) is 1. The number of hydrogen-bond acceptors (Lipinski definition) is 5. The molecule has 0 saturated carbocycles. The monoisotopic (exact) mass is 499 g/mol. The van der Waals surface area contributed by atoms with Gasteiger partial charge in [-0.15, -0.1) is 24.0 Å². The van der Waals surface area contributed by atoms with Gasteiger partial charge in [0.25, 0.3) is 0 Å². The van der Waals surface area contributed by atoms with Gasteiger partial charge in [0.15, 0.2) is 5.96 Å². The zero-order valence-corrected chi connectivity index (χ0v) is 19.0. The molecule has 7 nitrogen and oxygen atoms in total. The predicted octanol–water partition coefficient (Wildman–Crippen LogP) is 2.63. The predicted molar refractivity (Wildman–Crippen MR) is 121 cm³/mol. The number of benzene rings is 1. The lowest BCUT2D eigenvalue weighted by molar-refractivity contribution is 0.169. The summed E-state index contributed by atoms with van der Waals surface area (Å²) in [5, 5.41) is 7.48. The van der Waals surface area contributed by atoms with Crippen molar-refractivity contribution in [2.24, 2.45) is 4.99 Å². The van der Waals surface area contributed by atoms with Crippen LogP contribution in [0.25, 0.3) is 0 Å². The Bertz CT molecular complexity index is 715. The van der Waals surface area contributed by atoms with Crippen molar-refractivity contribution in [3.05, 3.63) is 47.9 Å². The number of guanidine groups is 1. The van der Waals surface area contributed by atoms with Crippen molar-refractivity contribution >= 4 is 29.9 Å². The highest BCUT2D eigenvalue weighted by Crippen LogP contribution is 2.13. The van der Waals surface area contributed by atoms with Gasteiger partial charge in [-0.1, -0.05) is 17.3 Å². The van der Waals surface area contributed by atoms with E-state index in [4.69, 9.17) is 9.26 Å². The maximum atomic E-state index is 5.57. The quantitative estimate of drug-likeness (QED) is 0.359. The molecule has 0 atom stereocenters. The lowest BCUT2D eigenvalue weighted by Gasteiger charge is -2.36. The minimum absolute atomic E-state index is 0. The third kappa shape index (κ3) is 6.66. The lowest BCUT2D eigenvalue weighted by Crippen LogP contribution is -2.52. The summed E-state index contributed by atoms with van der Waals surface area (Å²) in [6, 6.07) is 10.2. The minimum atomic E-state index is 0. The molecule has 0 unspecified atom stereocenters. The van der Waals surface area contributed by atoms with Crippen LogP contribution in [-0.4, -0.2) is 67.3 Å². The molecule has 1 aromatic carbocycles. The van der Waals surface area contributed by atoms with Crippen molar-refractivity contribution < 1.29 is 9.26 Å². The highest BCUT2D eigenvalue weighted by Gasteiger charge is 2.20. The lowest BCUT2D eigenvalue weighted by atomic mass is 10.1. The van der Waals surface area contributed by atoms with Gasteiger partial charge in [-0.05, 0) is 31.0 Å². The Morgan fingerprint density at radius 1 is 1.25 bits per heavy atom. The van der Waals surface area contributed by atoms with Gasteiger partial charge in [0.05, 0.1) is 12.3 Å². The van der Waals surface area contributed by atoms with Crippen LogP contribution in [0.3, 0.4) is 0 Å². The van der Waals surface area contributed by atoms with E-state index in [1.807, 2.05) is 32.2 Å². The normalized spacial score (nSPS) is 15.2. The fourth-order valence-corrected chi connectivity index (χ4v) is 3.27. The topological polar surface area (TPSA) is 66.1 Å². The second kappa shape index (κ2) is 11.9. The van der Waals surface area contributed by atoms with E-state index >= 15 is 0 Å². The van der Waals surface area contributed by atoms with Crippen molar-refractivity contribution in [2.45, 2.75) is 19.9 Å². The first-order valence-corrected chi connectivity index (χ1v) is 9.57.